The van der Waals surface area contributed by atoms with Gasteiger partial charge in [-0.1, -0.05) is 41.6 Å². The average Bonchev–Trinajstić information content (AvgIpc) is 3.32. The third kappa shape index (κ3) is 6.44. The number of nitrogens with one attached hydrogen (secondary N) is 1. The van der Waals surface area contributed by atoms with E-state index in [9.17, 15) is 4.79 Å². The monoisotopic (exact) mass is 462 g/mol. The lowest BCUT2D eigenvalue weighted by molar-refractivity contribution is -0.126. The number of ether oxygens (including phenoxy) is 1. The van der Waals surface area contributed by atoms with Crippen LogP contribution in [0.5, 0.6) is 5.75 Å². The van der Waals surface area contributed by atoms with E-state index in [-0.39, 0.29) is 11.8 Å². The number of aromatic nitrogens is 2. The van der Waals surface area contributed by atoms with Gasteiger partial charge in [-0.2, -0.15) is 4.98 Å². The number of rotatable bonds is 10. The number of carbonyl (C=O) groups is 1. The van der Waals surface area contributed by atoms with E-state index in [0.717, 1.165) is 55.6 Å². The van der Waals surface area contributed by atoms with Gasteiger partial charge in [-0.05, 0) is 75.9 Å². The Morgan fingerprint density at radius 3 is 2.65 bits per heavy atom. The van der Waals surface area contributed by atoms with Crippen molar-refractivity contribution in [2.75, 3.05) is 26.2 Å². The Bertz CT molecular complexity index is 1060. The molecule has 1 aliphatic heterocycles. The molecule has 7 heteroatoms. The molecular weight excluding hydrogens is 428 g/mol. The number of benzene rings is 2. The van der Waals surface area contributed by atoms with Crippen LogP contribution in [0.2, 0.25) is 0 Å². The Hall–Kier alpha value is -3.19. The summed E-state index contributed by atoms with van der Waals surface area (Å²) < 4.78 is 11.0. The third-order valence-corrected chi connectivity index (χ3v) is 6.35. The minimum atomic E-state index is 0.0759. The largest absolute Gasteiger partial charge is 0.494 e. The second-order valence-electron chi connectivity index (χ2n) is 8.85. The van der Waals surface area contributed by atoms with Crippen LogP contribution >= 0.6 is 0 Å². The first-order valence-electron chi connectivity index (χ1n) is 12.2. The Kier molecular flexibility index (Phi) is 8.31. The molecule has 3 aromatic rings. The van der Waals surface area contributed by atoms with Crippen LogP contribution in [0.15, 0.2) is 53.1 Å². The van der Waals surface area contributed by atoms with E-state index in [0.29, 0.717) is 31.4 Å². The molecule has 0 bridgehead atoms. The van der Waals surface area contributed by atoms with Crippen molar-refractivity contribution in [3.63, 3.8) is 0 Å². The van der Waals surface area contributed by atoms with E-state index in [4.69, 9.17) is 9.26 Å². The summed E-state index contributed by atoms with van der Waals surface area (Å²) >= 11 is 0. The number of nitrogens with zero attached hydrogens (tertiary/aromatic N) is 3. The number of hydrogen-bond acceptors (Lipinski definition) is 6. The number of hydrogen-bond donors (Lipinski definition) is 1. The van der Waals surface area contributed by atoms with Gasteiger partial charge in [-0.3, -0.25) is 9.69 Å². The van der Waals surface area contributed by atoms with Crippen molar-refractivity contribution in [1.82, 2.24) is 20.4 Å². The summed E-state index contributed by atoms with van der Waals surface area (Å²) in [6.45, 7) is 7.73. The molecule has 1 saturated heterocycles. The standard InChI is InChI=1S/C27H34N4O3/c1-3-33-23-12-10-21(11-13-23)8-6-16-28-27(32)22-14-17-31(18-15-22)19-25-29-26(30-34-25)24-9-5-4-7-20(24)2/h4-5,7,9-13,22H,3,6,8,14-19H2,1-2H3,(H,28,32). The van der Waals surface area contributed by atoms with Crippen LogP contribution in [-0.4, -0.2) is 47.2 Å². The van der Waals surface area contributed by atoms with Crippen molar-refractivity contribution in [3.8, 4) is 17.1 Å². The van der Waals surface area contributed by atoms with Gasteiger partial charge in [0.25, 0.3) is 0 Å². The van der Waals surface area contributed by atoms with Crippen molar-refractivity contribution >= 4 is 5.91 Å². The molecule has 0 aliphatic carbocycles. The first-order valence-corrected chi connectivity index (χ1v) is 12.2. The molecule has 0 unspecified atom stereocenters. The van der Waals surface area contributed by atoms with Crippen LogP contribution in [0.25, 0.3) is 11.4 Å². The molecule has 7 nitrogen and oxygen atoms in total. The lowest BCUT2D eigenvalue weighted by Crippen LogP contribution is -2.40. The molecule has 1 N–H and O–H groups in total. The zero-order valence-electron chi connectivity index (χ0n) is 20.1. The van der Waals surface area contributed by atoms with Crippen LogP contribution in [-0.2, 0) is 17.8 Å². The Balaban J connectivity index is 1.15. The molecule has 1 aliphatic rings. The van der Waals surface area contributed by atoms with Crippen molar-refractivity contribution in [1.29, 1.82) is 0 Å². The first kappa shape index (κ1) is 24.0. The molecule has 2 heterocycles. The van der Waals surface area contributed by atoms with Crippen molar-refractivity contribution in [2.45, 2.75) is 46.1 Å². The molecule has 0 radical (unpaired) electrons. The Labute approximate surface area is 201 Å². The van der Waals surface area contributed by atoms with E-state index < -0.39 is 0 Å². The molecule has 0 atom stereocenters. The number of carbonyl (C=O) groups excluding carboxylic acids is 1. The number of amides is 1. The zero-order chi connectivity index (χ0) is 23.8. The van der Waals surface area contributed by atoms with Gasteiger partial charge in [0.2, 0.25) is 17.6 Å². The van der Waals surface area contributed by atoms with E-state index in [1.165, 1.54) is 5.56 Å². The minimum absolute atomic E-state index is 0.0759. The fourth-order valence-electron chi connectivity index (χ4n) is 4.36. The highest BCUT2D eigenvalue weighted by Crippen LogP contribution is 2.22. The summed E-state index contributed by atoms with van der Waals surface area (Å²) in [6.07, 6.45) is 3.58. The summed E-state index contributed by atoms with van der Waals surface area (Å²) in [5.74, 6) is 2.40. The summed E-state index contributed by atoms with van der Waals surface area (Å²) in [7, 11) is 0. The van der Waals surface area contributed by atoms with E-state index in [1.54, 1.807) is 0 Å². The van der Waals surface area contributed by atoms with Crippen LogP contribution in [0.4, 0.5) is 0 Å². The molecule has 34 heavy (non-hydrogen) atoms. The molecule has 0 saturated carbocycles. The van der Waals surface area contributed by atoms with Crippen LogP contribution in [0, 0.1) is 12.8 Å². The molecule has 1 amide bonds. The summed E-state index contributed by atoms with van der Waals surface area (Å²) in [5, 5.41) is 7.27. The predicted octanol–water partition coefficient (Wildman–Crippen LogP) is 4.40. The maximum absolute atomic E-state index is 12.6. The number of aryl methyl sites for hydroxylation is 2. The topological polar surface area (TPSA) is 80.5 Å². The lowest BCUT2D eigenvalue weighted by atomic mass is 9.96. The summed E-state index contributed by atoms with van der Waals surface area (Å²) in [5.41, 5.74) is 3.38. The highest BCUT2D eigenvalue weighted by molar-refractivity contribution is 5.78. The lowest BCUT2D eigenvalue weighted by Gasteiger charge is -2.30. The molecule has 0 spiro atoms. The van der Waals surface area contributed by atoms with Gasteiger partial charge in [0.15, 0.2) is 0 Å². The maximum Gasteiger partial charge on any atom is 0.241 e. The Morgan fingerprint density at radius 1 is 1.15 bits per heavy atom. The van der Waals surface area contributed by atoms with Gasteiger partial charge < -0.3 is 14.6 Å². The number of likely N-dealkylation sites (tertiary alicyclic amines) is 1. The summed E-state index contributed by atoms with van der Waals surface area (Å²) in [4.78, 5) is 19.5. The van der Waals surface area contributed by atoms with Gasteiger partial charge in [-0.25, -0.2) is 0 Å². The second-order valence-corrected chi connectivity index (χ2v) is 8.85. The van der Waals surface area contributed by atoms with Gasteiger partial charge in [-0.15, -0.1) is 0 Å². The SMILES string of the molecule is CCOc1ccc(CCCNC(=O)C2CCN(Cc3nc(-c4ccccc4C)no3)CC2)cc1. The van der Waals surface area contributed by atoms with Crippen molar-refractivity contribution in [2.24, 2.45) is 5.92 Å². The molecule has 1 aromatic heterocycles. The zero-order valence-corrected chi connectivity index (χ0v) is 20.1. The molecule has 2 aromatic carbocycles. The fourth-order valence-corrected chi connectivity index (χ4v) is 4.36. The number of piperidine rings is 1. The van der Waals surface area contributed by atoms with Gasteiger partial charge in [0, 0.05) is 18.0 Å². The highest BCUT2D eigenvalue weighted by Gasteiger charge is 2.25. The molecule has 4 rings (SSSR count). The normalized spacial score (nSPS) is 14.8. The van der Waals surface area contributed by atoms with Crippen LogP contribution < -0.4 is 10.1 Å². The maximum atomic E-state index is 12.6. The average molecular weight is 463 g/mol. The van der Waals surface area contributed by atoms with E-state index >= 15 is 0 Å². The van der Waals surface area contributed by atoms with Crippen molar-refractivity contribution < 1.29 is 14.1 Å². The third-order valence-electron chi connectivity index (χ3n) is 6.35. The smallest absolute Gasteiger partial charge is 0.241 e. The highest BCUT2D eigenvalue weighted by atomic mass is 16.5. The minimum Gasteiger partial charge on any atom is -0.494 e. The molecule has 180 valence electrons. The summed E-state index contributed by atoms with van der Waals surface area (Å²) in [6, 6.07) is 16.2. The molecular formula is C27H34N4O3. The van der Waals surface area contributed by atoms with Crippen LogP contribution in [0.3, 0.4) is 0 Å². The quantitative estimate of drug-likeness (QED) is 0.450. The van der Waals surface area contributed by atoms with E-state index in [2.05, 4.69) is 32.5 Å². The van der Waals surface area contributed by atoms with Crippen LogP contribution in [0.1, 0.15) is 43.2 Å². The van der Waals surface area contributed by atoms with Gasteiger partial charge >= 0.3 is 0 Å². The fraction of sp³-hybridized carbons (Fsp3) is 0.444. The first-order chi connectivity index (χ1) is 16.6. The van der Waals surface area contributed by atoms with Gasteiger partial charge in [0.05, 0.1) is 13.2 Å². The van der Waals surface area contributed by atoms with E-state index in [1.807, 2.05) is 50.2 Å². The predicted molar refractivity (Wildman–Crippen MR) is 131 cm³/mol. The Morgan fingerprint density at radius 2 is 1.91 bits per heavy atom. The van der Waals surface area contributed by atoms with Crippen molar-refractivity contribution in [3.05, 3.63) is 65.5 Å². The van der Waals surface area contributed by atoms with Gasteiger partial charge in [0.1, 0.15) is 5.75 Å². The molecule has 1 fully saturated rings. The second kappa shape index (κ2) is 11.8.